The third-order valence-corrected chi connectivity index (χ3v) is 3.11. The van der Waals surface area contributed by atoms with Crippen LogP contribution >= 0.6 is 0 Å². The number of aromatic nitrogens is 2. The number of nitrogens with one attached hydrogen (secondary N) is 1. The Morgan fingerprint density at radius 2 is 2.12 bits per heavy atom. The standard InChI is InChI=1S/C12H13N3O/c16-8-12(5-6-12)14-11-10-4-2-1-3-9(10)7-13-15-11/h1-4,7,16H,5-6,8H2,(H,14,15). The minimum atomic E-state index is -0.154. The molecule has 1 heterocycles. The Kier molecular flexibility index (Phi) is 2.04. The van der Waals surface area contributed by atoms with Gasteiger partial charge in [-0.05, 0) is 12.8 Å². The first kappa shape index (κ1) is 9.54. The van der Waals surface area contributed by atoms with Gasteiger partial charge in [0.2, 0.25) is 0 Å². The molecule has 1 aliphatic carbocycles. The highest BCUT2D eigenvalue weighted by atomic mass is 16.3. The molecule has 3 rings (SSSR count). The number of rotatable bonds is 3. The summed E-state index contributed by atoms with van der Waals surface area (Å²) in [5, 5.41) is 22.8. The summed E-state index contributed by atoms with van der Waals surface area (Å²) in [6.07, 6.45) is 3.74. The Hall–Kier alpha value is -1.68. The van der Waals surface area contributed by atoms with Crippen LogP contribution < -0.4 is 5.32 Å². The van der Waals surface area contributed by atoms with Crippen molar-refractivity contribution >= 4 is 16.6 Å². The monoisotopic (exact) mass is 215 g/mol. The highest BCUT2D eigenvalue weighted by Gasteiger charge is 2.42. The van der Waals surface area contributed by atoms with Crippen molar-refractivity contribution in [2.45, 2.75) is 18.4 Å². The SMILES string of the molecule is OCC1(Nc2nncc3ccccc23)CC1. The molecule has 2 N–H and O–H groups in total. The first-order chi connectivity index (χ1) is 7.83. The lowest BCUT2D eigenvalue weighted by Crippen LogP contribution is -2.26. The first-order valence-electron chi connectivity index (χ1n) is 5.42. The topological polar surface area (TPSA) is 58.0 Å². The number of hydrogen-bond donors (Lipinski definition) is 2. The number of hydrogen-bond acceptors (Lipinski definition) is 4. The maximum Gasteiger partial charge on any atom is 0.157 e. The Labute approximate surface area is 93.3 Å². The van der Waals surface area contributed by atoms with E-state index in [1.165, 1.54) is 0 Å². The molecule has 1 aromatic heterocycles. The van der Waals surface area contributed by atoms with Gasteiger partial charge in [0.05, 0.1) is 18.3 Å². The number of aliphatic hydroxyl groups excluding tert-OH is 1. The van der Waals surface area contributed by atoms with Crippen LogP contribution in [0, 0.1) is 0 Å². The maximum absolute atomic E-state index is 9.28. The van der Waals surface area contributed by atoms with Crippen molar-refractivity contribution in [1.82, 2.24) is 10.2 Å². The molecule has 16 heavy (non-hydrogen) atoms. The summed E-state index contributed by atoms with van der Waals surface area (Å²) < 4.78 is 0. The number of benzene rings is 1. The van der Waals surface area contributed by atoms with Gasteiger partial charge in [-0.25, -0.2) is 0 Å². The molecule has 1 saturated carbocycles. The van der Waals surface area contributed by atoms with E-state index >= 15 is 0 Å². The van der Waals surface area contributed by atoms with Gasteiger partial charge < -0.3 is 10.4 Å². The van der Waals surface area contributed by atoms with E-state index in [1.807, 2.05) is 24.3 Å². The largest absolute Gasteiger partial charge is 0.394 e. The molecule has 2 aromatic rings. The quantitative estimate of drug-likeness (QED) is 0.816. The lowest BCUT2D eigenvalue weighted by atomic mass is 10.2. The van der Waals surface area contributed by atoms with Gasteiger partial charge in [-0.15, -0.1) is 5.10 Å². The predicted molar refractivity (Wildman–Crippen MR) is 62.2 cm³/mol. The normalized spacial score (nSPS) is 17.3. The van der Waals surface area contributed by atoms with Crippen LogP contribution in [0.25, 0.3) is 10.8 Å². The highest BCUT2D eigenvalue weighted by molar-refractivity contribution is 5.91. The van der Waals surface area contributed by atoms with Gasteiger partial charge in [0.15, 0.2) is 5.82 Å². The van der Waals surface area contributed by atoms with Gasteiger partial charge in [0.1, 0.15) is 0 Å². The fourth-order valence-corrected chi connectivity index (χ4v) is 1.84. The molecule has 0 bridgehead atoms. The maximum atomic E-state index is 9.28. The zero-order valence-electron chi connectivity index (χ0n) is 8.85. The van der Waals surface area contributed by atoms with E-state index in [-0.39, 0.29) is 12.1 Å². The lowest BCUT2D eigenvalue weighted by Gasteiger charge is -2.15. The summed E-state index contributed by atoms with van der Waals surface area (Å²) in [4.78, 5) is 0. The Balaban J connectivity index is 2.03. The van der Waals surface area contributed by atoms with Gasteiger partial charge in [-0.1, -0.05) is 24.3 Å². The van der Waals surface area contributed by atoms with Crippen molar-refractivity contribution in [1.29, 1.82) is 0 Å². The number of anilines is 1. The Morgan fingerprint density at radius 1 is 1.31 bits per heavy atom. The van der Waals surface area contributed by atoms with E-state index in [4.69, 9.17) is 0 Å². The molecule has 0 atom stereocenters. The van der Waals surface area contributed by atoms with E-state index in [2.05, 4.69) is 15.5 Å². The van der Waals surface area contributed by atoms with Gasteiger partial charge in [-0.2, -0.15) is 5.10 Å². The van der Waals surface area contributed by atoms with Crippen LogP contribution in [0.3, 0.4) is 0 Å². The summed E-state index contributed by atoms with van der Waals surface area (Å²) in [7, 11) is 0. The van der Waals surface area contributed by atoms with Gasteiger partial charge in [0, 0.05) is 10.8 Å². The molecular weight excluding hydrogens is 202 g/mol. The second kappa shape index (κ2) is 3.42. The fourth-order valence-electron chi connectivity index (χ4n) is 1.84. The van der Waals surface area contributed by atoms with E-state index < -0.39 is 0 Å². The van der Waals surface area contributed by atoms with Gasteiger partial charge in [-0.3, -0.25) is 0 Å². The van der Waals surface area contributed by atoms with E-state index in [0.29, 0.717) is 0 Å². The number of aliphatic hydroxyl groups is 1. The predicted octanol–water partition coefficient (Wildman–Crippen LogP) is 1.57. The molecule has 0 aliphatic heterocycles. The van der Waals surface area contributed by atoms with Crippen molar-refractivity contribution < 1.29 is 5.11 Å². The van der Waals surface area contributed by atoms with Gasteiger partial charge in [0.25, 0.3) is 0 Å². The highest BCUT2D eigenvalue weighted by Crippen LogP contribution is 2.38. The third-order valence-electron chi connectivity index (χ3n) is 3.11. The Bertz CT molecular complexity index is 517. The summed E-state index contributed by atoms with van der Waals surface area (Å²) >= 11 is 0. The zero-order chi connectivity index (χ0) is 11.0. The number of nitrogens with zero attached hydrogens (tertiary/aromatic N) is 2. The van der Waals surface area contributed by atoms with Crippen molar-refractivity contribution in [3.8, 4) is 0 Å². The first-order valence-corrected chi connectivity index (χ1v) is 5.42. The molecule has 0 radical (unpaired) electrons. The van der Waals surface area contributed by atoms with Crippen molar-refractivity contribution in [2.24, 2.45) is 0 Å². The summed E-state index contributed by atoms with van der Waals surface area (Å²) in [6.45, 7) is 0.151. The van der Waals surface area contributed by atoms with Gasteiger partial charge >= 0.3 is 0 Å². The van der Waals surface area contributed by atoms with Crippen LogP contribution in [-0.2, 0) is 0 Å². The van der Waals surface area contributed by atoms with Crippen molar-refractivity contribution in [3.05, 3.63) is 30.5 Å². The third kappa shape index (κ3) is 1.51. The Morgan fingerprint density at radius 3 is 2.88 bits per heavy atom. The molecule has 0 saturated heterocycles. The molecular formula is C12H13N3O. The fraction of sp³-hybridized carbons (Fsp3) is 0.333. The minimum Gasteiger partial charge on any atom is -0.394 e. The van der Waals surface area contributed by atoms with Crippen molar-refractivity contribution in [3.63, 3.8) is 0 Å². The molecule has 0 spiro atoms. The smallest absolute Gasteiger partial charge is 0.157 e. The van der Waals surface area contributed by atoms with Crippen LogP contribution in [-0.4, -0.2) is 27.4 Å². The molecule has 0 unspecified atom stereocenters. The van der Waals surface area contributed by atoms with Crippen LogP contribution in [0.2, 0.25) is 0 Å². The number of fused-ring (bicyclic) bond motifs is 1. The van der Waals surface area contributed by atoms with E-state index in [1.54, 1.807) is 6.20 Å². The molecule has 4 heteroatoms. The lowest BCUT2D eigenvalue weighted by molar-refractivity contribution is 0.266. The van der Waals surface area contributed by atoms with E-state index in [9.17, 15) is 5.11 Å². The van der Waals surface area contributed by atoms with Crippen LogP contribution in [0.15, 0.2) is 30.5 Å². The van der Waals surface area contributed by atoms with Crippen LogP contribution in [0.4, 0.5) is 5.82 Å². The average Bonchev–Trinajstić information content (AvgIpc) is 3.10. The second-order valence-corrected chi connectivity index (χ2v) is 4.34. The molecule has 82 valence electrons. The molecule has 1 aliphatic rings. The van der Waals surface area contributed by atoms with Crippen molar-refractivity contribution in [2.75, 3.05) is 11.9 Å². The van der Waals surface area contributed by atoms with E-state index in [0.717, 1.165) is 29.4 Å². The molecule has 4 nitrogen and oxygen atoms in total. The molecule has 1 aromatic carbocycles. The molecule has 0 amide bonds. The van der Waals surface area contributed by atoms with Crippen LogP contribution in [0.5, 0.6) is 0 Å². The minimum absolute atomic E-state index is 0.151. The summed E-state index contributed by atoms with van der Waals surface area (Å²) in [5.41, 5.74) is -0.154. The zero-order valence-corrected chi connectivity index (χ0v) is 8.85. The molecule has 1 fully saturated rings. The average molecular weight is 215 g/mol. The van der Waals surface area contributed by atoms with Crippen LogP contribution in [0.1, 0.15) is 12.8 Å². The summed E-state index contributed by atoms with van der Waals surface area (Å²) in [6, 6.07) is 7.98. The second-order valence-electron chi connectivity index (χ2n) is 4.34. The summed E-state index contributed by atoms with van der Waals surface area (Å²) in [5.74, 6) is 0.768.